The van der Waals surface area contributed by atoms with Crippen LogP contribution in [0.2, 0.25) is 5.02 Å². The molecule has 6 nitrogen and oxygen atoms in total. The monoisotopic (exact) mass is 329 g/mol. The first-order valence-corrected chi connectivity index (χ1v) is 7.54. The second-order valence-corrected chi connectivity index (χ2v) is 5.60. The third-order valence-corrected chi connectivity index (χ3v) is 3.80. The van der Waals surface area contributed by atoms with Gasteiger partial charge >= 0.3 is 0 Å². The van der Waals surface area contributed by atoms with Crippen molar-refractivity contribution in [1.29, 1.82) is 0 Å². The number of benzene rings is 1. The second-order valence-electron chi connectivity index (χ2n) is 5.20. The number of nitrogens with zero attached hydrogens (tertiary/aromatic N) is 4. The highest BCUT2D eigenvalue weighted by Gasteiger charge is 2.08. The Kier molecular flexibility index (Phi) is 4.43. The van der Waals surface area contributed by atoms with Crippen LogP contribution in [0.15, 0.2) is 48.9 Å². The van der Waals surface area contributed by atoms with Crippen molar-refractivity contribution in [2.45, 2.75) is 20.0 Å². The lowest BCUT2D eigenvalue weighted by Crippen LogP contribution is -2.19. The number of amides is 1. The van der Waals surface area contributed by atoms with Crippen molar-refractivity contribution in [2.75, 3.05) is 5.32 Å². The minimum atomic E-state index is -0.144. The van der Waals surface area contributed by atoms with Gasteiger partial charge in [0.2, 0.25) is 5.91 Å². The number of aryl methyl sites for hydroxylation is 1. The van der Waals surface area contributed by atoms with Gasteiger partial charge in [0.05, 0.1) is 18.4 Å². The average molecular weight is 330 g/mol. The van der Waals surface area contributed by atoms with Crippen molar-refractivity contribution in [1.82, 2.24) is 19.6 Å². The van der Waals surface area contributed by atoms with Crippen molar-refractivity contribution in [3.63, 3.8) is 0 Å². The van der Waals surface area contributed by atoms with Crippen molar-refractivity contribution in [3.05, 3.63) is 65.2 Å². The molecule has 0 bridgehead atoms. The maximum absolute atomic E-state index is 12.0. The number of rotatable bonds is 5. The topological polar surface area (TPSA) is 64.7 Å². The molecule has 0 atom stereocenters. The van der Waals surface area contributed by atoms with E-state index in [1.165, 1.54) is 0 Å². The van der Waals surface area contributed by atoms with Crippen LogP contribution in [0.1, 0.15) is 11.3 Å². The van der Waals surface area contributed by atoms with E-state index in [-0.39, 0.29) is 12.5 Å². The van der Waals surface area contributed by atoms with Gasteiger partial charge in [0.1, 0.15) is 6.54 Å². The highest BCUT2D eigenvalue weighted by molar-refractivity contribution is 6.31. The van der Waals surface area contributed by atoms with Crippen LogP contribution < -0.4 is 5.32 Å². The van der Waals surface area contributed by atoms with E-state index in [1.807, 2.05) is 37.3 Å². The van der Waals surface area contributed by atoms with Gasteiger partial charge in [0.15, 0.2) is 0 Å². The molecule has 0 unspecified atom stereocenters. The molecule has 2 aromatic heterocycles. The lowest BCUT2D eigenvalue weighted by Gasteiger charge is -2.05. The molecule has 1 N–H and O–H groups in total. The SMILES string of the molecule is Cc1ccnn1CC(=O)Nc1cnn(Cc2ccccc2Cl)c1. The van der Waals surface area contributed by atoms with E-state index in [4.69, 9.17) is 11.6 Å². The summed E-state index contributed by atoms with van der Waals surface area (Å²) in [7, 11) is 0. The van der Waals surface area contributed by atoms with Gasteiger partial charge in [-0.15, -0.1) is 0 Å². The predicted octanol–water partition coefficient (Wildman–Crippen LogP) is 2.73. The first-order valence-electron chi connectivity index (χ1n) is 7.16. The zero-order valence-corrected chi connectivity index (χ0v) is 13.4. The van der Waals surface area contributed by atoms with E-state index < -0.39 is 0 Å². The van der Waals surface area contributed by atoms with Crippen LogP contribution in [0.5, 0.6) is 0 Å². The Bertz CT molecular complexity index is 823. The van der Waals surface area contributed by atoms with Gasteiger partial charge in [0.25, 0.3) is 0 Å². The number of carbonyl (C=O) groups is 1. The van der Waals surface area contributed by atoms with Crippen LogP contribution in [0, 0.1) is 6.92 Å². The summed E-state index contributed by atoms with van der Waals surface area (Å²) < 4.78 is 3.37. The van der Waals surface area contributed by atoms with E-state index in [0.717, 1.165) is 11.3 Å². The molecule has 1 amide bonds. The molecule has 118 valence electrons. The largest absolute Gasteiger partial charge is 0.322 e. The molecule has 0 fully saturated rings. The van der Waals surface area contributed by atoms with Gasteiger partial charge in [-0.2, -0.15) is 10.2 Å². The summed E-state index contributed by atoms with van der Waals surface area (Å²) >= 11 is 6.14. The lowest BCUT2D eigenvalue weighted by atomic mass is 10.2. The number of halogens is 1. The van der Waals surface area contributed by atoms with Crippen molar-refractivity contribution >= 4 is 23.2 Å². The molecule has 0 radical (unpaired) electrons. The quantitative estimate of drug-likeness (QED) is 0.782. The van der Waals surface area contributed by atoms with Gasteiger partial charge in [0, 0.05) is 23.1 Å². The Morgan fingerprint density at radius 2 is 2.09 bits per heavy atom. The molecule has 23 heavy (non-hydrogen) atoms. The van der Waals surface area contributed by atoms with Crippen molar-refractivity contribution in [3.8, 4) is 0 Å². The first-order chi connectivity index (χ1) is 11.1. The fraction of sp³-hybridized carbons (Fsp3) is 0.188. The molecule has 0 saturated heterocycles. The molecule has 0 aliphatic rings. The van der Waals surface area contributed by atoms with Crippen LogP contribution in [0.3, 0.4) is 0 Å². The van der Waals surface area contributed by atoms with E-state index in [2.05, 4.69) is 15.5 Å². The summed E-state index contributed by atoms with van der Waals surface area (Å²) in [6.07, 6.45) is 5.06. The van der Waals surface area contributed by atoms with E-state index in [0.29, 0.717) is 17.3 Å². The molecule has 7 heteroatoms. The summed E-state index contributed by atoms with van der Waals surface area (Å²) in [6, 6.07) is 9.46. The number of hydrogen-bond donors (Lipinski definition) is 1. The minimum absolute atomic E-state index is 0.144. The van der Waals surface area contributed by atoms with Crippen molar-refractivity contribution < 1.29 is 4.79 Å². The Morgan fingerprint density at radius 3 is 2.83 bits per heavy atom. The number of hydrogen-bond acceptors (Lipinski definition) is 3. The number of nitrogens with one attached hydrogen (secondary N) is 1. The maximum Gasteiger partial charge on any atom is 0.246 e. The fourth-order valence-corrected chi connectivity index (χ4v) is 2.41. The first kappa shape index (κ1) is 15.3. The summed E-state index contributed by atoms with van der Waals surface area (Å²) in [5.41, 5.74) is 2.56. The lowest BCUT2D eigenvalue weighted by molar-refractivity contribution is -0.116. The van der Waals surface area contributed by atoms with Crippen LogP contribution in [-0.2, 0) is 17.9 Å². The minimum Gasteiger partial charge on any atom is -0.322 e. The van der Waals surface area contributed by atoms with Crippen molar-refractivity contribution in [2.24, 2.45) is 0 Å². The zero-order chi connectivity index (χ0) is 16.2. The second kappa shape index (κ2) is 6.66. The molecule has 1 aromatic carbocycles. The Balaban J connectivity index is 1.62. The fourth-order valence-electron chi connectivity index (χ4n) is 2.22. The zero-order valence-electron chi connectivity index (χ0n) is 12.6. The summed E-state index contributed by atoms with van der Waals surface area (Å²) in [5, 5.41) is 11.8. The number of carbonyl (C=O) groups excluding carboxylic acids is 1. The maximum atomic E-state index is 12.0. The van der Waals surface area contributed by atoms with Crippen LogP contribution in [0.4, 0.5) is 5.69 Å². The van der Waals surface area contributed by atoms with Crippen LogP contribution >= 0.6 is 11.6 Å². The Hall–Kier alpha value is -2.60. The van der Waals surface area contributed by atoms with E-state index in [1.54, 1.807) is 28.0 Å². The van der Waals surface area contributed by atoms with E-state index in [9.17, 15) is 4.79 Å². The van der Waals surface area contributed by atoms with Crippen LogP contribution in [0.25, 0.3) is 0 Å². The summed E-state index contributed by atoms with van der Waals surface area (Å²) in [4.78, 5) is 12.0. The number of anilines is 1. The molecule has 3 aromatic rings. The Labute approximate surface area is 138 Å². The molecular formula is C16H16ClN5O. The molecule has 0 saturated carbocycles. The van der Waals surface area contributed by atoms with Gasteiger partial charge in [-0.1, -0.05) is 29.8 Å². The molecule has 2 heterocycles. The van der Waals surface area contributed by atoms with Gasteiger partial charge < -0.3 is 5.32 Å². The van der Waals surface area contributed by atoms with Gasteiger partial charge in [-0.05, 0) is 24.6 Å². The van der Waals surface area contributed by atoms with Gasteiger partial charge in [-0.25, -0.2) is 0 Å². The predicted molar refractivity (Wildman–Crippen MR) is 88.4 cm³/mol. The third kappa shape index (κ3) is 3.78. The molecule has 0 aliphatic heterocycles. The normalized spacial score (nSPS) is 10.7. The molecule has 0 spiro atoms. The molecular weight excluding hydrogens is 314 g/mol. The summed E-state index contributed by atoms with van der Waals surface area (Å²) in [5.74, 6) is -0.144. The molecule has 3 rings (SSSR count). The third-order valence-electron chi connectivity index (χ3n) is 3.43. The number of aromatic nitrogens is 4. The molecule has 0 aliphatic carbocycles. The Morgan fingerprint density at radius 1 is 1.26 bits per heavy atom. The average Bonchev–Trinajstić information content (AvgIpc) is 3.11. The smallest absolute Gasteiger partial charge is 0.246 e. The van der Waals surface area contributed by atoms with E-state index >= 15 is 0 Å². The van der Waals surface area contributed by atoms with Crippen LogP contribution in [-0.4, -0.2) is 25.5 Å². The highest BCUT2D eigenvalue weighted by atomic mass is 35.5. The van der Waals surface area contributed by atoms with Gasteiger partial charge in [-0.3, -0.25) is 14.2 Å². The summed E-state index contributed by atoms with van der Waals surface area (Å²) in [6.45, 7) is 2.63. The highest BCUT2D eigenvalue weighted by Crippen LogP contribution is 2.16. The standard InChI is InChI=1S/C16H16ClN5O/c1-12-6-7-18-22(12)11-16(23)20-14-8-19-21(10-14)9-13-4-2-3-5-15(13)17/h2-8,10H,9,11H2,1H3,(H,20,23).